The van der Waals surface area contributed by atoms with E-state index in [0.29, 0.717) is 17.9 Å². The van der Waals surface area contributed by atoms with Crippen molar-refractivity contribution in [1.29, 1.82) is 0 Å². The van der Waals surface area contributed by atoms with E-state index in [4.69, 9.17) is 9.15 Å². The molecular formula is C20H17FN4O5. The van der Waals surface area contributed by atoms with Gasteiger partial charge < -0.3 is 19.4 Å². The quantitative estimate of drug-likeness (QED) is 0.600. The number of aromatic nitrogens is 1. The molecular weight excluding hydrogens is 395 g/mol. The highest BCUT2D eigenvalue weighted by Crippen LogP contribution is 2.30. The number of ether oxygens (including phenoxy) is 1. The zero-order valence-corrected chi connectivity index (χ0v) is 15.8. The molecule has 1 aromatic carbocycles. The first-order valence-corrected chi connectivity index (χ1v) is 9.00. The predicted octanol–water partition coefficient (Wildman–Crippen LogP) is 2.13. The van der Waals surface area contributed by atoms with Crippen LogP contribution in [0.2, 0.25) is 0 Å². The summed E-state index contributed by atoms with van der Waals surface area (Å²) in [6, 6.07) is 5.04. The molecule has 1 atom stereocenters. The van der Waals surface area contributed by atoms with E-state index in [0.717, 1.165) is 11.8 Å². The van der Waals surface area contributed by atoms with Crippen LogP contribution in [0.4, 0.5) is 9.18 Å². The third kappa shape index (κ3) is 3.54. The lowest BCUT2D eigenvalue weighted by Crippen LogP contribution is -2.42. The van der Waals surface area contributed by atoms with E-state index in [-0.39, 0.29) is 35.6 Å². The number of pyridine rings is 1. The van der Waals surface area contributed by atoms with Crippen LogP contribution in [0.5, 0.6) is 5.75 Å². The van der Waals surface area contributed by atoms with E-state index in [1.165, 1.54) is 24.3 Å². The number of amides is 4. The average Bonchev–Trinajstić information content (AvgIpc) is 3.30. The Morgan fingerprint density at radius 2 is 2.23 bits per heavy atom. The molecule has 0 saturated heterocycles. The lowest BCUT2D eigenvalue weighted by Gasteiger charge is -2.23. The highest BCUT2D eigenvalue weighted by atomic mass is 19.1. The minimum Gasteiger partial charge on any atom is -0.497 e. The summed E-state index contributed by atoms with van der Waals surface area (Å²) in [4.78, 5) is 40.7. The molecule has 0 bridgehead atoms. The molecule has 0 unspecified atom stereocenters. The normalized spacial score (nSPS) is 13.8. The molecule has 4 amide bonds. The van der Waals surface area contributed by atoms with Crippen LogP contribution < -0.4 is 15.4 Å². The second-order valence-corrected chi connectivity index (χ2v) is 6.68. The van der Waals surface area contributed by atoms with Gasteiger partial charge in [0.2, 0.25) is 6.41 Å². The topological polar surface area (TPSA) is 114 Å². The molecule has 0 radical (unpaired) electrons. The SMILES string of the molecule is COc1ccc2c(c1)C(=O)N(C[C@H](NC(=O)NC=O)c1cc3c(F)cncc3o1)C2. The molecule has 9 nitrogen and oxygen atoms in total. The van der Waals surface area contributed by atoms with Crippen LogP contribution >= 0.6 is 0 Å². The van der Waals surface area contributed by atoms with Gasteiger partial charge in [0, 0.05) is 18.7 Å². The minimum atomic E-state index is -0.836. The number of methoxy groups -OCH3 is 1. The fourth-order valence-corrected chi connectivity index (χ4v) is 3.41. The number of benzene rings is 1. The van der Waals surface area contributed by atoms with Crippen molar-refractivity contribution in [2.45, 2.75) is 12.6 Å². The van der Waals surface area contributed by atoms with E-state index in [1.54, 1.807) is 18.2 Å². The largest absolute Gasteiger partial charge is 0.497 e. The molecule has 0 fully saturated rings. The number of fused-ring (bicyclic) bond motifs is 2. The van der Waals surface area contributed by atoms with Crippen LogP contribution in [0.15, 0.2) is 41.1 Å². The fourth-order valence-electron chi connectivity index (χ4n) is 3.41. The van der Waals surface area contributed by atoms with E-state index >= 15 is 0 Å². The molecule has 154 valence electrons. The van der Waals surface area contributed by atoms with E-state index in [2.05, 4.69) is 10.3 Å². The zero-order chi connectivity index (χ0) is 21.3. The van der Waals surface area contributed by atoms with Crippen LogP contribution in [-0.2, 0) is 11.3 Å². The molecule has 1 aliphatic rings. The summed E-state index contributed by atoms with van der Waals surface area (Å²) < 4.78 is 24.8. The van der Waals surface area contributed by atoms with Gasteiger partial charge in [-0.15, -0.1) is 0 Å². The summed E-state index contributed by atoms with van der Waals surface area (Å²) in [6.45, 7) is 0.360. The Hall–Kier alpha value is -3.95. The van der Waals surface area contributed by atoms with Crippen molar-refractivity contribution in [3.63, 3.8) is 0 Å². The highest BCUT2D eigenvalue weighted by Gasteiger charge is 2.32. The Morgan fingerprint density at radius 1 is 1.40 bits per heavy atom. The number of carbonyl (C=O) groups is 3. The summed E-state index contributed by atoms with van der Waals surface area (Å²) in [5.74, 6) is -0.0330. The minimum absolute atomic E-state index is 0.0387. The first-order valence-electron chi connectivity index (χ1n) is 9.00. The van der Waals surface area contributed by atoms with Gasteiger partial charge in [0.15, 0.2) is 11.4 Å². The average molecular weight is 412 g/mol. The van der Waals surface area contributed by atoms with Gasteiger partial charge in [0.25, 0.3) is 5.91 Å². The van der Waals surface area contributed by atoms with Crippen LogP contribution in [0.25, 0.3) is 11.0 Å². The number of nitrogens with zero attached hydrogens (tertiary/aromatic N) is 2. The van der Waals surface area contributed by atoms with Crippen molar-refractivity contribution in [2.24, 2.45) is 0 Å². The molecule has 1 aliphatic heterocycles. The van der Waals surface area contributed by atoms with Gasteiger partial charge in [0.05, 0.1) is 24.9 Å². The molecule has 0 saturated carbocycles. The number of nitrogens with one attached hydrogen (secondary N) is 2. The second-order valence-electron chi connectivity index (χ2n) is 6.68. The van der Waals surface area contributed by atoms with Crippen LogP contribution in [0.1, 0.15) is 27.7 Å². The second kappa shape index (κ2) is 7.82. The number of urea groups is 1. The number of hydrogen-bond acceptors (Lipinski definition) is 6. The van der Waals surface area contributed by atoms with Gasteiger partial charge >= 0.3 is 6.03 Å². The molecule has 3 aromatic rings. The molecule has 0 aliphatic carbocycles. The van der Waals surface area contributed by atoms with Crippen LogP contribution in [-0.4, -0.2) is 41.9 Å². The smallest absolute Gasteiger partial charge is 0.321 e. The first kappa shape index (κ1) is 19.4. The Morgan fingerprint density at radius 3 is 2.97 bits per heavy atom. The molecule has 2 aromatic heterocycles. The van der Waals surface area contributed by atoms with Crippen molar-refractivity contribution in [2.75, 3.05) is 13.7 Å². The number of carbonyl (C=O) groups excluding carboxylic acids is 3. The molecule has 4 rings (SSSR count). The zero-order valence-electron chi connectivity index (χ0n) is 15.8. The van der Waals surface area contributed by atoms with Gasteiger partial charge in [-0.3, -0.25) is 19.9 Å². The summed E-state index contributed by atoms with van der Waals surface area (Å²) in [6.07, 6.45) is 2.64. The van der Waals surface area contributed by atoms with Gasteiger partial charge in [-0.25, -0.2) is 9.18 Å². The third-order valence-corrected chi connectivity index (χ3v) is 4.85. The molecule has 3 heterocycles. The maximum absolute atomic E-state index is 14.0. The predicted molar refractivity (Wildman–Crippen MR) is 102 cm³/mol. The third-order valence-electron chi connectivity index (χ3n) is 4.85. The van der Waals surface area contributed by atoms with Crippen molar-refractivity contribution in [1.82, 2.24) is 20.5 Å². The lowest BCUT2D eigenvalue weighted by atomic mass is 10.1. The molecule has 10 heteroatoms. The van der Waals surface area contributed by atoms with Crippen molar-refractivity contribution >= 4 is 29.3 Å². The van der Waals surface area contributed by atoms with Crippen molar-refractivity contribution in [3.05, 3.63) is 59.4 Å². The molecule has 30 heavy (non-hydrogen) atoms. The van der Waals surface area contributed by atoms with Gasteiger partial charge in [-0.2, -0.15) is 0 Å². The number of furan rings is 1. The number of rotatable bonds is 6. The van der Waals surface area contributed by atoms with E-state index < -0.39 is 17.9 Å². The van der Waals surface area contributed by atoms with E-state index in [9.17, 15) is 18.8 Å². The fraction of sp³-hybridized carbons (Fsp3) is 0.200. The van der Waals surface area contributed by atoms with Crippen LogP contribution in [0, 0.1) is 5.82 Å². The van der Waals surface area contributed by atoms with Gasteiger partial charge in [-0.05, 0) is 23.8 Å². The number of imide groups is 1. The Balaban J connectivity index is 1.63. The Kier molecular flexibility index (Phi) is 5.05. The van der Waals surface area contributed by atoms with Crippen molar-refractivity contribution in [3.8, 4) is 5.75 Å². The number of halogens is 1. The van der Waals surface area contributed by atoms with Crippen LogP contribution in [0.3, 0.4) is 0 Å². The van der Waals surface area contributed by atoms with Crippen molar-refractivity contribution < 1.29 is 27.9 Å². The van der Waals surface area contributed by atoms with Gasteiger partial charge in [-0.1, -0.05) is 6.07 Å². The van der Waals surface area contributed by atoms with Gasteiger partial charge in [0.1, 0.15) is 17.6 Å². The standard InChI is InChI=1S/C20H17FN4O5/c1-29-12-3-2-11-8-25(19(27)13(11)4-12)9-16(24-20(28)23-10-26)17-5-14-15(21)6-22-7-18(14)30-17/h2-7,10,16H,8-9H2,1H3,(H2,23,24,26,28)/t16-/m0/s1. The Labute approximate surface area is 169 Å². The number of hydrogen-bond donors (Lipinski definition) is 2. The first-order chi connectivity index (χ1) is 14.5. The highest BCUT2D eigenvalue weighted by molar-refractivity contribution is 5.98. The summed E-state index contributed by atoms with van der Waals surface area (Å²) >= 11 is 0. The monoisotopic (exact) mass is 412 g/mol. The molecule has 0 spiro atoms. The summed E-state index contributed by atoms with van der Waals surface area (Å²) in [5.41, 5.74) is 1.52. The molecule has 2 N–H and O–H groups in total. The van der Waals surface area contributed by atoms with E-state index in [1.807, 2.05) is 5.32 Å². The Bertz CT molecular complexity index is 1150. The maximum Gasteiger partial charge on any atom is 0.321 e. The lowest BCUT2D eigenvalue weighted by molar-refractivity contribution is -0.108. The maximum atomic E-state index is 14.0. The summed E-state index contributed by atoms with van der Waals surface area (Å²) in [5, 5.41) is 4.75. The summed E-state index contributed by atoms with van der Waals surface area (Å²) in [7, 11) is 1.51.